The standard InChI is InChI=1S/C13H21NO2S/c1-6-11-7-8-12(9-13(11)10(2)3)17(15,16)14(4)5/h7-10H,6H2,1-5H3. The summed E-state index contributed by atoms with van der Waals surface area (Å²) in [4.78, 5) is 0.378. The minimum absolute atomic E-state index is 0.335. The first kappa shape index (κ1) is 14.2. The van der Waals surface area contributed by atoms with Gasteiger partial charge in [0.1, 0.15) is 0 Å². The highest BCUT2D eigenvalue weighted by atomic mass is 32.2. The zero-order chi connectivity index (χ0) is 13.2. The van der Waals surface area contributed by atoms with Crippen LogP contribution in [0.1, 0.15) is 37.8 Å². The molecule has 0 N–H and O–H groups in total. The lowest BCUT2D eigenvalue weighted by Crippen LogP contribution is -2.22. The zero-order valence-corrected chi connectivity index (χ0v) is 12.0. The van der Waals surface area contributed by atoms with Crippen LogP contribution in [0.4, 0.5) is 0 Å². The van der Waals surface area contributed by atoms with Gasteiger partial charge in [0, 0.05) is 14.1 Å². The number of hydrogen-bond donors (Lipinski definition) is 0. The van der Waals surface area contributed by atoms with Crippen LogP contribution in [0.5, 0.6) is 0 Å². The Morgan fingerprint density at radius 2 is 1.82 bits per heavy atom. The number of benzene rings is 1. The third kappa shape index (κ3) is 2.87. The van der Waals surface area contributed by atoms with Gasteiger partial charge in [0.25, 0.3) is 0 Å². The molecule has 1 aromatic carbocycles. The van der Waals surface area contributed by atoms with Crippen LogP contribution in [0, 0.1) is 0 Å². The Kier molecular flexibility index (Phi) is 4.33. The lowest BCUT2D eigenvalue weighted by molar-refractivity contribution is 0.520. The first-order valence-electron chi connectivity index (χ1n) is 5.86. The van der Waals surface area contributed by atoms with Crippen molar-refractivity contribution in [1.82, 2.24) is 4.31 Å². The van der Waals surface area contributed by atoms with Gasteiger partial charge in [0.15, 0.2) is 0 Å². The molecule has 0 bridgehead atoms. The maximum atomic E-state index is 12.0. The molecule has 0 radical (unpaired) electrons. The smallest absolute Gasteiger partial charge is 0.207 e. The van der Waals surface area contributed by atoms with Crippen molar-refractivity contribution in [2.24, 2.45) is 0 Å². The summed E-state index contributed by atoms with van der Waals surface area (Å²) >= 11 is 0. The van der Waals surface area contributed by atoms with E-state index in [4.69, 9.17) is 0 Å². The highest BCUT2D eigenvalue weighted by Crippen LogP contribution is 2.24. The van der Waals surface area contributed by atoms with E-state index in [2.05, 4.69) is 20.8 Å². The van der Waals surface area contributed by atoms with Gasteiger partial charge < -0.3 is 0 Å². The first-order valence-corrected chi connectivity index (χ1v) is 7.30. The number of aryl methyl sites for hydroxylation is 1. The molecule has 0 saturated heterocycles. The molecule has 17 heavy (non-hydrogen) atoms. The molecule has 0 amide bonds. The van der Waals surface area contributed by atoms with Crippen molar-refractivity contribution in [3.8, 4) is 0 Å². The van der Waals surface area contributed by atoms with Crippen molar-refractivity contribution in [2.75, 3.05) is 14.1 Å². The van der Waals surface area contributed by atoms with Gasteiger partial charge in [-0.05, 0) is 35.6 Å². The van der Waals surface area contributed by atoms with Crippen LogP contribution in [0.15, 0.2) is 23.1 Å². The molecule has 0 unspecified atom stereocenters. The average molecular weight is 255 g/mol. The number of hydrogen-bond acceptors (Lipinski definition) is 2. The van der Waals surface area contributed by atoms with E-state index in [9.17, 15) is 8.42 Å². The fraction of sp³-hybridized carbons (Fsp3) is 0.538. The summed E-state index contributed by atoms with van der Waals surface area (Å²) in [6, 6.07) is 5.42. The minimum Gasteiger partial charge on any atom is -0.207 e. The van der Waals surface area contributed by atoms with Gasteiger partial charge in [-0.25, -0.2) is 12.7 Å². The van der Waals surface area contributed by atoms with Crippen LogP contribution in [0.3, 0.4) is 0 Å². The van der Waals surface area contributed by atoms with Gasteiger partial charge in [-0.3, -0.25) is 0 Å². The molecule has 0 spiro atoms. The van der Waals surface area contributed by atoms with Crippen LogP contribution in [0.25, 0.3) is 0 Å². The van der Waals surface area contributed by atoms with Gasteiger partial charge in [-0.1, -0.05) is 26.8 Å². The summed E-state index contributed by atoms with van der Waals surface area (Å²) < 4.78 is 25.3. The number of sulfonamides is 1. The summed E-state index contributed by atoms with van der Waals surface area (Å²) in [5.41, 5.74) is 2.34. The Bertz CT molecular complexity index is 490. The third-order valence-electron chi connectivity index (χ3n) is 2.90. The summed E-state index contributed by atoms with van der Waals surface area (Å²) in [6.45, 7) is 6.25. The molecule has 0 aliphatic heterocycles. The van der Waals surface area contributed by atoms with Crippen molar-refractivity contribution >= 4 is 10.0 Å². The summed E-state index contributed by atoms with van der Waals surface area (Å²) in [5.74, 6) is 0.335. The van der Waals surface area contributed by atoms with Crippen LogP contribution >= 0.6 is 0 Å². The van der Waals surface area contributed by atoms with E-state index < -0.39 is 10.0 Å². The molecule has 0 atom stereocenters. The van der Waals surface area contributed by atoms with Crippen molar-refractivity contribution in [3.63, 3.8) is 0 Å². The molecular weight excluding hydrogens is 234 g/mol. The fourth-order valence-corrected chi connectivity index (χ4v) is 2.74. The maximum absolute atomic E-state index is 12.0. The van der Waals surface area contributed by atoms with Gasteiger partial charge in [0.05, 0.1) is 4.90 Å². The topological polar surface area (TPSA) is 37.4 Å². The van der Waals surface area contributed by atoms with Gasteiger partial charge in [0.2, 0.25) is 10.0 Å². The largest absolute Gasteiger partial charge is 0.242 e. The summed E-state index contributed by atoms with van der Waals surface area (Å²) in [6.07, 6.45) is 0.926. The van der Waals surface area contributed by atoms with E-state index in [0.29, 0.717) is 10.8 Å². The van der Waals surface area contributed by atoms with Gasteiger partial charge in [-0.2, -0.15) is 0 Å². The predicted octanol–water partition coefficient (Wildman–Crippen LogP) is 2.62. The second-order valence-corrected chi connectivity index (χ2v) is 6.81. The molecule has 0 saturated carbocycles. The van der Waals surface area contributed by atoms with Crippen molar-refractivity contribution in [2.45, 2.75) is 38.0 Å². The van der Waals surface area contributed by atoms with Gasteiger partial charge >= 0.3 is 0 Å². The lowest BCUT2D eigenvalue weighted by atomic mass is 9.96. The Hall–Kier alpha value is -0.870. The van der Waals surface area contributed by atoms with E-state index in [1.807, 2.05) is 6.07 Å². The molecule has 1 aromatic rings. The lowest BCUT2D eigenvalue weighted by Gasteiger charge is -2.16. The van der Waals surface area contributed by atoms with Crippen molar-refractivity contribution in [3.05, 3.63) is 29.3 Å². The Labute approximate surface area is 105 Å². The van der Waals surface area contributed by atoms with Crippen LogP contribution in [0.2, 0.25) is 0 Å². The molecule has 0 aromatic heterocycles. The molecule has 0 aliphatic rings. The van der Waals surface area contributed by atoms with Crippen molar-refractivity contribution in [1.29, 1.82) is 0 Å². The first-order chi connectivity index (χ1) is 7.80. The summed E-state index contributed by atoms with van der Waals surface area (Å²) in [7, 11) is -0.217. The van der Waals surface area contributed by atoms with E-state index in [1.165, 1.54) is 9.87 Å². The normalized spacial score (nSPS) is 12.4. The van der Waals surface area contributed by atoms with Crippen LogP contribution in [-0.2, 0) is 16.4 Å². The molecular formula is C13H21NO2S. The van der Waals surface area contributed by atoms with E-state index in [0.717, 1.165) is 12.0 Å². The molecule has 1 rings (SSSR count). The second kappa shape index (κ2) is 5.19. The molecule has 0 heterocycles. The molecule has 3 nitrogen and oxygen atoms in total. The molecule has 4 heteroatoms. The van der Waals surface area contributed by atoms with Crippen LogP contribution in [-0.4, -0.2) is 26.8 Å². The van der Waals surface area contributed by atoms with Crippen LogP contribution < -0.4 is 0 Å². The Morgan fingerprint density at radius 1 is 1.24 bits per heavy atom. The molecule has 0 fully saturated rings. The Morgan fingerprint density at radius 3 is 2.24 bits per heavy atom. The van der Waals surface area contributed by atoms with E-state index >= 15 is 0 Å². The molecule has 96 valence electrons. The summed E-state index contributed by atoms with van der Waals surface area (Å²) in [5, 5.41) is 0. The zero-order valence-electron chi connectivity index (χ0n) is 11.2. The quantitative estimate of drug-likeness (QED) is 0.829. The van der Waals surface area contributed by atoms with E-state index in [1.54, 1.807) is 26.2 Å². The highest BCUT2D eigenvalue weighted by molar-refractivity contribution is 7.89. The van der Waals surface area contributed by atoms with Crippen molar-refractivity contribution < 1.29 is 8.42 Å². The molecule has 0 aliphatic carbocycles. The van der Waals surface area contributed by atoms with E-state index in [-0.39, 0.29) is 0 Å². The SMILES string of the molecule is CCc1ccc(S(=O)(=O)N(C)C)cc1C(C)C. The maximum Gasteiger partial charge on any atom is 0.242 e. The minimum atomic E-state index is -3.32. The highest BCUT2D eigenvalue weighted by Gasteiger charge is 2.19. The number of nitrogens with zero attached hydrogens (tertiary/aromatic N) is 1. The average Bonchev–Trinajstić information content (AvgIpc) is 2.27. The second-order valence-electron chi connectivity index (χ2n) is 4.66. The van der Waals surface area contributed by atoms with Gasteiger partial charge in [-0.15, -0.1) is 0 Å². The fourth-order valence-electron chi connectivity index (χ4n) is 1.80. The Balaban J connectivity index is 3.36. The number of rotatable bonds is 4. The monoisotopic (exact) mass is 255 g/mol. The third-order valence-corrected chi connectivity index (χ3v) is 4.71. The predicted molar refractivity (Wildman–Crippen MR) is 70.8 cm³/mol.